The van der Waals surface area contributed by atoms with Gasteiger partial charge >= 0.3 is 0 Å². The fourth-order valence-electron chi connectivity index (χ4n) is 1.92. The highest BCUT2D eigenvalue weighted by molar-refractivity contribution is 5.07. The molecule has 1 heteroatoms. The molecule has 11 heavy (non-hydrogen) atoms. The Morgan fingerprint density at radius 1 is 1.55 bits per heavy atom. The van der Waals surface area contributed by atoms with Crippen LogP contribution < -0.4 is 0 Å². The van der Waals surface area contributed by atoms with Crippen molar-refractivity contribution in [2.24, 2.45) is 5.92 Å². The molecule has 0 radical (unpaired) electrons. The number of allylic oxidation sites excluding steroid dienone is 1. The first-order chi connectivity index (χ1) is 5.16. The molecule has 0 bridgehead atoms. The van der Waals surface area contributed by atoms with Crippen LogP contribution in [0.25, 0.3) is 0 Å². The molecular weight excluding hydrogens is 134 g/mol. The van der Waals surface area contributed by atoms with Crippen LogP contribution in [0.15, 0.2) is 11.6 Å². The Balaban J connectivity index is 2.62. The molecule has 1 heterocycles. The van der Waals surface area contributed by atoms with Crippen LogP contribution in [0.5, 0.6) is 0 Å². The average Bonchev–Trinajstić information content (AvgIpc) is 2.32. The summed E-state index contributed by atoms with van der Waals surface area (Å²) in [7, 11) is 2.22. The van der Waals surface area contributed by atoms with Crippen molar-refractivity contribution >= 4 is 0 Å². The third kappa shape index (κ3) is 1.64. The Hall–Kier alpha value is -0.300. The van der Waals surface area contributed by atoms with Crippen molar-refractivity contribution in [3.8, 4) is 0 Å². The fraction of sp³-hybridized carbons (Fsp3) is 0.800. The lowest BCUT2D eigenvalue weighted by Gasteiger charge is -2.20. The second kappa shape index (κ2) is 3.40. The number of hydrogen-bond acceptors (Lipinski definition) is 1. The van der Waals surface area contributed by atoms with Crippen LogP contribution in [0.2, 0.25) is 0 Å². The normalized spacial score (nSPS) is 34.7. The Morgan fingerprint density at radius 3 is 2.55 bits per heavy atom. The summed E-state index contributed by atoms with van der Waals surface area (Å²) in [5.41, 5.74) is 1.56. The standard InChI is InChI=1S/C10H19N/c1-5-8(2)10-6-7-11(4)9(10)3/h5,9-10H,6-7H2,1-4H3/b8-5+/t9?,10-/m1/s1. The van der Waals surface area contributed by atoms with Gasteiger partial charge in [0.25, 0.3) is 0 Å². The van der Waals surface area contributed by atoms with Crippen molar-refractivity contribution in [2.45, 2.75) is 33.2 Å². The van der Waals surface area contributed by atoms with Crippen molar-refractivity contribution in [1.82, 2.24) is 4.90 Å². The number of rotatable bonds is 1. The summed E-state index contributed by atoms with van der Waals surface area (Å²) in [6, 6.07) is 0.742. The van der Waals surface area contributed by atoms with Gasteiger partial charge in [0, 0.05) is 6.04 Å². The maximum atomic E-state index is 2.44. The van der Waals surface area contributed by atoms with Gasteiger partial charge in [0.2, 0.25) is 0 Å². The van der Waals surface area contributed by atoms with Crippen molar-refractivity contribution in [2.75, 3.05) is 13.6 Å². The number of likely N-dealkylation sites (tertiary alicyclic amines) is 1. The van der Waals surface area contributed by atoms with E-state index >= 15 is 0 Å². The van der Waals surface area contributed by atoms with Crippen molar-refractivity contribution in [1.29, 1.82) is 0 Å². The van der Waals surface area contributed by atoms with E-state index in [2.05, 4.69) is 38.8 Å². The number of nitrogens with zero attached hydrogens (tertiary/aromatic N) is 1. The van der Waals surface area contributed by atoms with Gasteiger partial charge in [-0.1, -0.05) is 11.6 Å². The lowest BCUT2D eigenvalue weighted by Crippen LogP contribution is -2.26. The van der Waals surface area contributed by atoms with Crippen molar-refractivity contribution in [3.63, 3.8) is 0 Å². The van der Waals surface area contributed by atoms with Gasteiger partial charge in [0.1, 0.15) is 0 Å². The van der Waals surface area contributed by atoms with Crippen LogP contribution in [-0.4, -0.2) is 24.5 Å². The van der Waals surface area contributed by atoms with Crippen LogP contribution in [-0.2, 0) is 0 Å². The zero-order valence-corrected chi connectivity index (χ0v) is 8.09. The lowest BCUT2D eigenvalue weighted by molar-refractivity contribution is 0.306. The highest BCUT2D eigenvalue weighted by Crippen LogP contribution is 2.28. The smallest absolute Gasteiger partial charge is 0.0130 e. The molecule has 1 fully saturated rings. The van der Waals surface area contributed by atoms with Gasteiger partial charge in [-0.05, 0) is 46.7 Å². The van der Waals surface area contributed by atoms with Gasteiger partial charge in [-0.25, -0.2) is 0 Å². The zero-order chi connectivity index (χ0) is 8.43. The van der Waals surface area contributed by atoms with E-state index in [4.69, 9.17) is 0 Å². The summed E-state index contributed by atoms with van der Waals surface area (Å²) >= 11 is 0. The first kappa shape index (κ1) is 8.79. The minimum absolute atomic E-state index is 0.742. The average molecular weight is 153 g/mol. The third-order valence-corrected chi connectivity index (χ3v) is 3.11. The molecule has 2 atom stereocenters. The van der Waals surface area contributed by atoms with Gasteiger partial charge in [-0.3, -0.25) is 0 Å². The zero-order valence-electron chi connectivity index (χ0n) is 8.09. The SMILES string of the molecule is C/C=C(\C)[C@H]1CCN(C)C1C. The van der Waals surface area contributed by atoms with Crippen LogP contribution >= 0.6 is 0 Å². The van der Waals surface area contributed by atoms with E-state index in [1.165, 1.54) is 13.0 Å². The van der Waals surface area contributed by atoms with E-state index in [0.29, 0.717) is 0 Å². The van der Waals surface area contributed by atoms with Gasteiger partial charge in [-0.15, -0.1) is 0 Å². The van der Waals surface area contributed by atoms with Gasteiger partial charge in [0.15, 0.2) is 0 Å². The summed E-state index contributed by atoms with van der Waals surface area (Å²) < 4.78 is 0. The Labute approximate surface area is 70.1 Å². The molecule has 0 saturated carbocycles. The molecule has 0 aromatic rings. The monoisotopic (exact) mass is 153 g/mol. The molecule has 1 nitrogen and oxygen atoms in total. The van der Waals surface area contributed by atoms with Crippen molar-refractivity contribution in [3.05, 3.63) is 11.6 Å². The third-order valence-electron chi connectivity index (χ3n) is 3.11. The highest BCUT2D eigenvalue weighted by atomic mass is 15.1. The summed E-state index contributed by atoms with van der Waals surface area (Å²) in [6.45, 7) is 7.97. The molecule has 0 aliphatic carbocycles. The fourth-order valence-corrected chi connectivity index (χ4v) is 1.92. The topological polar surface area (TPSA) is 3.24 Å². The second-order valence-corrected chi connectivity index (χ2v) is 3.65. The molecule has 1 rings (SSSR count). The van der Waals surface area contributed by atoms with Gasteiger partial charge in [0.05, 0.1) is 0 Å². The van der Waals surface area contributed by atoms with E-state index in [-0.39, 0.29) is 0 Å². The molecule has 1 aliphatic rings. The summed E-state index contributed by atoms with van der Waals surface area (Å²) in [5.74, 6) is 0.810. The van der Waals surface area contributed by atoms with E-state index in [0.717, 1.165) is 12.0 Å². The minimum atomic E-state index is 0.742. The number of hydrogen-bond donors (Lipinski definition) is 0. The molecule has 0 N–H and O–H groups in total. The molecule has 1 saturated heterocycles. The molecule has 1 aliphatic heterocycles. The van der Waals surface area contributed by atoms with E-state index < -0.39 is 0 Å². The molecule has 0 aromatic heterocycles. The maximum absolute atomic E-state index is 2.44. The van der Waals surface area contributed by atoms with Crippen molar-refractivity contribution < 1.29 is 0 Å². The van der Waals surface area contributed by atoms with E-state index in [1.807, 2.05) is 0 Å². The second-order valence-electron chi connectivity index (χ2n) is 3.65. The van der Waals surface area contributed by atoms with Gasteiger partial charge in [-0.2, -0.15) is 0 Å². The molecule has 1 unspecified atom stereocenters. The quantitative estimate of drug-likeness (QED) is 0.522. The van der Waals surface area contributed by atoms with E-state index in [1.54, 1.807) is 5.57 Å². The van der Waals surface area contributed by atoms with E-state index in [9.17, 15) is 0 Å². The lowest BCUT2D eigenvalue weighted by atomic mass is 9.93. The Morgan fingerprint density at radius 2 is 2.18 bits per heavy atom. The Kier molecular flexibility index (Phi) is 2.72. The van der Waals surface area contributed by atoms with Gasteiger partial charge < -0.3 is 4.90 Å². The molecular formula is C10H19N. The maximum Gasteiger partial charge on any atom is 0.0130 e. The highest BCUT2D eigenvalue weighted by Gasteiger charge is 2.28. The predicted molar refractivity (Wildman–Crippen MR) is 49.6 cm³/mol. The first-order valence-electron chi connectivity index (χ1n) is 4.50. The van der Waals surface area contributed by atoms with Crippen LogP contribution in [0.1, 0.15) is 27.2 Å². The summed E-state index contributed by atoms with van der Waals surface area (Å²) in [4.78, 5) is 2.44. The summed E-state index contributed by atoms with van der Waals surface area (Å²) in [5, 5.41) is 0. The predicted octanol–water partition coefficient (Wildman–Crippen LogP) is 2.29. The minimum Gasteiger partial charge on any atom is -0.303 e. The molecule has 0 spiro atoms. The van der Waals surface area contributed by atoms with Crippen LogP contribution in [0, 0.1) is 5.92 Å². The van der Waals surface area contributed by atoms with Crippen LogP contribution in [0.3, 0.4) is 0 Å². The molecule has 0 aromatic carbocycles. The summed E-state index contributed by atoms with van der Waals surface area (Å²) in [6.07, 6.45) is 3.59. The Bertz CT molecular complexity index is 160. The van der Waals surface area contributed by atoms with Crippen LogP contribution in [0.4, 0.5) is 0 Å². The largest absolute Gasteiger partial charge is 0.303 e. The molecule has 0 amide bonds. The molecule has 64 valence electrons. The first-order valence-corrected chi connectivity index (χ1v) is 4.50.